The standard InChI is InChI=1S/C16H31N3O/c1-5-13-10-19(7-6-18(13)4)16(20)14-9-15(17)12(3)8-11(14)2/h11-15H,5-10,17H2,1-4H3. The molecule has 2 aliphatic rings. The zero-order valence-corrected chi connectivity index (χ0v) is 13.5. The van der Waals surface area contributed by atoms with Crippen molar-refractivity contribution in [1.82, 2.24) is 9.80 Å². The number of rotatable bonds is 2. The molecule has 0 bridgehead atoms. The minimum Gasteiger partial charge on any atom is -0.340 e. The van der Waals surface area contributed by atoms with E-state index in [1.54, 1.807) is 0 Å². The number of carbonyl (C=O) groups excluding carboxylic acids is 1. The monoisotopic (exact) mass is 281 g/mol. The zero-order valence-electron chi connectivity index (χ0n) is 13.5. The van der Waals surface area contributed by atoms with Crippen LogP contribution >= 0.6 is 0 Å². The first-order valence-corrected chi connectivity index (χ1v) is 8.18. The summed E-state index contributed by atoms with van der Waals surface area (Å²) in [7, 11) is 2.16. The van der Waals surface area contributed by atoms with Gasteiger partial charge < -0.3 is 10.6 Å². The number of hydrogen-bond donors (Lipinski definition) is 1. The van der Waals surface area contributed by atoms with Crippen molar-refractivity contribution in [3.8, 4) is 0 Å². The molecule has 5 unspecified atom stereocenters. The van der Waals surface area contributed by atoms with E-state index in [4.69, 9.17) is 5.73 Å². The molecule has 0 aromatic rings. The van der Waals surface area contributed by atoms with Gasteiger partial charge in [-0.3, -0.25) is 9.69 Å². The summed E-state index contributed by atoms with van der Waals surface area (Å²) >= 11 is 0. The fourth-order valence-electron chi connectivity index (χ4n) is 3.85. The number of nitrogens with two attached hydrogens (primary N) is 1. The molecule has 1 saturated heterocycles. The van der Waals surface area contributed by atoms with Crippen molar-refractivity contribution < 1.29 is 4.79 Å². The first kappa shape index (κ1) is 15.8. The normalized spacial score (nSPS) is 39.9. The van der Waals surface area contributed by atoms with Gasteiger partial charge in [0.25, 0.3) is 0 Å². The fraction of sp³-hybridized carbons (Fsp3) is 0.938. The van der Waals surface area contributed by atoms with E-state index in [0.717, 1.165) is 38.9 Å². The second-order valence-electron chi connectivity index (χ2n) is 7.02. The zero-order chi connectivity index (χ0) is 14.9. The van der Waals surface area contributed by atoms with Crippen molar-refractivity contribution in [3.63, 3.8) is 0 Å². The predicted octanol–water partition coefficient (Wildman–Crippen LogP) is 1.55. The molecule has 1 saturated carbocycles. The van der Waals surface area contributed by atoms with Crippen molar-refractivity contribution in [2.45, 2.75) is 52.1 Å². The molecule has 0 aromatic heterocycles. The maximum absolute atomic E-state index is 12.8. The van der Waals surface area contributed by atoms with Gasteiger partial charge in [-0.15, -0.1) is 0 Å². The van der Waals surface area contributed by atoms with E-state index in [0.29, 0.717) is 23.8 Å². The van der Waals surface area contributed by atoms with Crippen molar-refractivity contribution in [2.24, 2.45) is 23.5 Å². The molecule has 2 fully saturated rings. The minimum absolute atomic E-state index is 0.141. The fourth-order valence-corrected chi connectivity index (χ4v) is 3.85. The Kier molecular flexibility index (Phi) is 5.08. The SMILES string of the molecule is CCC1CN(C(=O)C2CC(N)C(C)CC2C)CCN1C. The molecule has 0 spiro atoms. The van der Waals surface area contributed by atoms with Crippen LogP contribution in [0, 0.1) is 17.8 Å². The van der Waals surface area contributed by atoms with Crippen molar-refractivity contribution >= 4 is 5.91 Å². The highest BCUT2D eigenvalue weighted by atomic mass is 16.2. The van der Waals surface area contributed by atoms with Crippen LogP contribution in [0.3, 0.4) is 0 Å². The highest BCUT2D eigenvalue weighted by Gasteiger charge is 2.38. The Morgan fingerprint density at radius 2 is 1.90 bits per heavy atom. The topological polar surface area (TPSA) is 49.6 Å². The van der Waals surface area contributed by atoms with Crippen molar-refractivity contribution in [2.75, 3.05) is 26.7 Å². The Labute approximate surface area is 123 Å². The van der Waals surface area contributed by atoms with E-state index >= 15 is 0 Å². The van der Waals surface area contributed by atoms with Crippen LogP contribution in [-0.4, -0.2) is 54.5 Å². The van der Waals surface area contributed by atoms with Gasteiger partial charge in [0.1, 0.15) is 0 Å². The molecule has 1 aliphatic heterocycles. The molecule has 20 heavy (non-hydrogen) atoms. The van der Waals surface area contributed by atoms with Gasteiger partial charge in [0.05, 0.1) is 0 Å². The summed E-state index contributed by atoms with van der Waals surface area (Å²) in [5, 5.41) is 0. The molecule has 2 N–H and O–H groups in total. The molecule has 2 rings (SSSR count). The van der Waals surface area contributed by atoms with Gasteiger partial charge in [-0.05, 0) is 38.1 Å². The van der Waals surface area contributed by atoms with Crippen LogP contribution in [0.25, 0.3) is 0 Å². The first-order chi connectivity index (χ1) is 9.43. The van der Waals surface area contributed by atoms with Crippen molar-refractivity contribution in [3.05, 3.63) is 0 Å². The molecule has 4 nitrogen and oxygen atoms in total. The van der Waals surface area contributed by atoms with Gasteiger partial charge in [0.15, 0.2) is 0 Å². The van der Waals surface area contributed by atoms with Crippen LogP contribution in [-0.2, 0) is 4.79 Å². The molecular formula is C16H31N3O. The Hall–Kier alpha value is -0.610. The van der Waals surface area contributed by atoms with Crippen molar-refractivity contribution in [1.29, 1.82) is 0 Å². The maximum Gasteiger partial charge on any atom is 0.226 e. The van der Waals surface area contributed by atoms with Gasteiger partial charge in [-0.1, -0.05) is 20.8 Å². The lowest BCUT2D eigenvalue weighted by molar-refractivity contribution is -0.141. The molecule has 0 aromatic carbocycles. The molecule has 116 valence electrons. The van der Waals surface area contributed by atoms with Gasteiger partial charge >= 0.3 is 0 Å². The number of amides is 1. The van der Waals surface area contributed by atoms with Crippen LogP contribution in [0.2, 0.25) is 0 Å². The molecule has 1 heterocycles. The number of carbonyl (C=O) groups is 1. The van der Waals surface area contributed by atoms with E-state index in [1.807, 2.05) is 0 Å². The van der Waals surface area contributed by atoms with E-state index in [1.165, 1.54) is 0 Å². The second-order valence-corrected chi connectivity index (χ2v) is 7.02. The Balaban J connectivity index is 2.00. The Morgan fingerprint density at radius 1 is 1.20 bits per heavy atom. The summed E-state index contributed by atoms with van der Waals surface area (Å²) in [6.07, 6.45) is 3.06. The molecule has 1 amide bonds. The number of piperazine rings is 1. The largest absolute Gasteiger partial charge is 0.340 e. The van der Waals surface area contributed by atoms with Gasteiger partial charge in [-0.2, -0.15) is 0 Å². The number of likely N-dealkylation sites (N-methyl/N-ethyl adjacent to an activating group) is 1. The molecule has 1 aliphatic carbocycles. The van der Waals surface area contributed by atoms with E-state index < -0.39 is 0 Å². The van der Waals surface area contributed by atoms with Crippen LogP contribution in [0.5, 0.6) is 0 Å². The Bertz CT molecular complexity index is 347. The van der Waals surface area contributed by atoms with Crippen LogP contribution in [0.4, 0.5) is 0 Å². The summed E-state index contributed by atoms with van der Waals surface area (Å²) < 4.78 is 0. The number of hydrogen-bond acceptors (Lipinski definition) is 3. The average Bonchev–Trinajstić information content (AvgIpc) is 2.42. The summed E-state index contributed by atoms with van der Waals surface area (Å²) in [5.74, 6) is 1.51. The number of nitrogens with zero attached hydrogens (tertiary/aromatic N) is 2. The third-order valence-corrected chi connectivity index (χ3v) is 5.56. The smallest absolute Gasteiger partial charge is 0.226 e. The molecule has 4 heteroatoms. The quantitative estimate of drug-likeness (QED) is 0.835. The highest BCUT2D eigenvalue weighted by molar-refractivity contribution is 5.79. The lowest BCUT2D eigenvalue weighted by Crippen LogP contribution is -2.56. The van der Waals surface area contributed by atoms with Crippen LogP contribution in [0.1, 0.15) is 40.0 Å². The summed E-state index contributed by atoms with van der Waals surface area (Å²) in [6.45, 7) is 9.40. The summed E-state index contributed by atoms with van der Waals surface area (Å²) in [6, 6.07) is 0.703. The average molecular weight is 281 g/mol. The van der Waals surface area contributed by atoms with E-state index in [-0.39, 0.29) is 12.0 Å². The highest BCUT2D eigenvalue weighted by Crippen LogP contribution is 2.34. The van der Waals surface area contributed by atoms with E-state index in [9.17, 15) is 4.79 Å². The molecule has 0 radical (unpaired) electrons. The third kappa shape index (κ3) is 3.17. The van der Waals surface area contributed by atoms with Crippen LogP contribution in [0.15, 0.2) is 0 Å². The molecular weight excluding hydrogens is 250 g/mol. The van der Waals surface area contributed by atoms with Crippen LogP contribution < -0.4 is 5.73 Å². The summed E-state index contributed by atoms with van der Waals surface area (Å²) in [4.78, 5) is 17.3. The van der Waals surface area contributed by atoms with Gasteiger partial charge in [0, 0.05) is 37.6 Å². The van der Waals surface area contributed by atoms with E-state index in [2.05, 4.69) is 37.6 Å². The lowest BCUT2D eigenvalue weighted by atomic mass is 9.72. The van der Waals surface area contributed by atoms with Gasteiger partial charge in [0.2, 0.25) is 5.91 Å². The first-order valence-electron chi connectivity index (χ1n) is 8.18. The maximum atomic E-state index is 12.8. The summed E-state index contributed by atoms with van der Waals surface area (Å²) in [5.41, 5.74) is 6.19. The lowest BCUT2D eigenvalue weighted by Gasteiger charge is -2.43. The Morgan fingerprint density at radius 3 is 2.55 bits per heavy atom. The van der Waals surface area contributed by atoms with Gasteiger partial charge in [-0.25, -0.2) is 0 Å². The second kappa shape index (κ2) is 6.44. The predicted molar refractivity (Wildman–Crippen MR) is 82.3 cm³/mol. The third-order valence-electron chi connectivity index (χ3n) is 5.56. The minimum atomic E-state index is 0.141. The molecule has 5 atom stereocenters.